The van der Waals surface area contributed by atoms with Gasteiger partial charge in [0.15, 0.2) is 11.5 Å². The fourth-order valence-corrected chi connectivity index (χ4v) is 3.43. The zero-order chi connectivity index (χ0) is 18.5. The fraction of sp³-hybridized carbons (Fsp3) is 0.111. The molecule has 0 radical (unpaired) electrons. The number of methoxy groups -OCH3 is 1. The lowest BCUT2D eigenvalue weighted by molar-refractivity contribution is 0.102. The molecule has 0 fully saturated rings. The molecule has 0 saturated carbocycles. The molecule has 1 amide bonds. The predicted octanol–water partition coefficient (Wildman–Crippen LogP) is 5.51. The Morgan fingerprint density at radius 2 is 2.04 bits per heavy atom. The highest BCUT2D eigenvalue weighted by molar-refractivity contribution is 9.11. The number of nitrogens with one attached hydrogen (secondary N) is 1. The number of aromatic nitrogens is 1. The molecule has 3 aromatic rings. The van der Waals surface area contributed by atoms with Crippen LogP contribution in [0.3, 0.4) is 0 Å². The minimum Gasteiger partial charge on any atom is -0.493 e. The number of thiazole rings is 1. The molecule has 0 bridgehead atoms. The van der Waals surface area contributed by atoms with Gasteiger partial charge in [0.25, 0.3) is 5.91 Å². The second-order valence-corrected chi connectivity index (χ2v) is 7.70. The van der Waals surface area contributed by atoms with Gasteiger partial charge in [-0.2, -0.15) is 0 Å². The molecule has 0 atom stereocenters. The van der Waals surface area contributed by atoms with Gasteiger partial charge >= 0.3 is 0 Å². The van der Waals surface area contributed by atoms with E-state index in [-0.39, 0.29) is 5.91 Å². The summed E-state index contributed by atoms with van der Waals surface area (Å²) in [4.78, 5) is 16.7. The summed E-state index contributed by atoms with van der Waals surface area (Å²) in [6, 6.07) is 10.6. The highest BCUT2D eigenvalue weighted by Crippen LogP contribution is 2.30. The van der Waals surface area contributed by atoms with E-state index in [9.17, 15) is 4.79 Å². The largest absolute Gasteiger partial charge is 0.493 e. The van der Waals surface area contributed by atoms with Crippen molar-refractivity contribution < 1.29 is 14.3 Å². The molecule has 1 N–H and O–H groups in total. The zero-order valence-corrected chi connectivity index (χ0v) is 17.7. The van der Waals surface area contributed by atoms with E-state index in [1.807, 2.05) is 23.6 Å². The van der Waals surface area contributed by atoms with Gasteiger partial charge in [0, 0.05) is 19.9 Å². The Hall–Kier alpha value is -1.90. The quantitative estimate of drug-likeness (QED) is 0.487. The van der Waals surface area contributed by atoms with Crippen LogP contribution in [0.5, 0.6) is 11.5 Å². The molecule has 1 heterocycles. The van der Waals surface area contributed by atoms with Gasteiger partial charge in [-0.05, 0) is 52.3 Å². The van der Waals surface area contributed by atoms with Crippen molar-refractivity contribution in [1.29, 1.82) is 0 Å². The SMILES string of the molecule is COc1cc(C(=O)Nc2cc(Br)ccc2Br)ccc1OCc1cscn1. The molecule has 0 saturated heterocycles. The lowest BCUT2D eigenvalue weighted by Gasteiger charge is -2.12. The summed E-state index contributed by atoms with van der Waals surface area (Å²) in [5, 5.41) is 4.79. The monoisotopic (exact) mass is 496 g/mol. The van der Waals surface area contributed by atoms with Crippen LogP contribution >= 0.6 is 43.2 Å². The second-order valence-electron chi connectivity index (χ2n) is 5.21. The summed E-state index contributed by atoms with van der Waals surface area (Å²) >= 11 is 8.33. The van der Waals surface area contributed by atoms with Crippen molar-refractivity contribution in [3.8, 4) is 11.5 Å². The first-order valence-electron chi connectivity index (χ1n) is 7.51. The first-order valence-corrected chi connectivity index (χ1v) is 10.0. The lowest BCUT2D eigenvalue weighted by atomic mass is 10.2. The van der Waals surface area contributed by atoms with Crippen molar-refractivity contribution in [2.45, 2.75) is 6.61 Å². The number of hydrogen-bond acceptors (Lipinski definition) is 5. The fourth-order valence-electron chi connectivity index (χ4n) is 2.18. The van der Waals surface area contributed by atoms with Crippen LogP contribution in [0.2, 0.25) is 0 Å². The van der Waals surface area contributed by atoms with Gasteiger partial charge in [0.2, 0.25) is 0 Å². The van der Waals surface area contributed by atoms with Crippen LogP contribution in [0.15, 0.2) is 56.2 Å². The van der Waals surface area contributed by atoms with Crippen LogP contribution in [0.1, 0.15) is 16.1 Å². The Morgan fingerprint density at radius 3 is 2.77 bits per heavy atom. The Labute approximate surface area is 171 Å². The summed E-state index contributed by atoms with van der Waals surface area (Å²) < 4.78 is 12.8. The number of carbonyl (C=O) groups is 1. The van der Waals surface area contributed by atoms with Gasteiger partial charge in [-0.3, -0.25) is 4.79 Å². The molecule has 3 rings (SSSR count). The molecule has 5 nitrogen and oxygen atoms in total. The van der Waals surface area contributed by atoms with Crippen molar-refractivity contribution in [3.63, 3.8) is 0 Å². The third-order valence-corrected chi connectivity index (χ3v) is 5.28. The topological polar surface area (TPSA) is 60.5 Å². The molecule has 0 spiro atoms. The summed E-state index contributed by atoms with van der Waals surface area (Å²) in [6.07, 6.45) is 0. The summed E-state index contributed by atoms with van der Waals surface area (Å²) in [6.45, 7) is 0.344. The number of hydrogen-bond donors (Lipinski definition) is 1. The van der Waals surface area contributed by atoms with Crippen molar-refractivity contribution in [1.82, 2.24) is 4.98 Å². The number of ether oxygens (including phenoxy) is 2. The summed E-state index contributed by atoms with van der Waals surface area (Å²) in [5.41, 5.74) is 3.74. The van der Waals surface area contributed by atoms with Gasteiger partial charge in [0.05, 0.1) is 24.0 Å². The average molecular weight is 498 g/mol. The van der Waals surface area contributed by atoms with Crippen molar-refractivity contribution >= 4 is 54.8 Å². The molecule has 26 heavy (non-hydrogen) atoms. The van der Waals surface area contributed by atoms with E-state index < -0.39 is 0 Å². The lowest BCUT2D eigenvalue weighted by Crippen LogP contribution is -2.12. The number of nitrogens with zero attached hydrogens (tertiary/aromatic N) is 1. The van der Waals surface area contributed by atoms with Crippen molar-refractivity contribution in [3.05, 3.63) is 67.5 Å². The number of halogens is 2. The maximum Gasteiger partial charge on any atom is 0.255 e. The maximum atomic E-state index is 12.5. The number of carbonyl (C=O) groups excluding carboxylic acids is 1. The Balaban J connectivity index is 1.75. The first-order chi connectivity index (χ1) is 12.6. The first kappa shape index (κ1) is 18.9. The maximum absolute atomic E-state index is 12.5. The molecule has 8 heteroatoms. The van der Waals surface area contributed by atoms with E-state index >= 15 is 0 Å². The van der Waals surface area contributed by atoms with Gasteiger partial charge < -0.3 is 14.8 Å². The van der Waals surface area contributed by atoms with Gasteiger partial charge in [-0.15, -0.1) is 11.3 Å². The van der Waals surface area contributed by atoms with Crippen LogP contribution in [-0.2, 0) is 6.61 Å². The second kappa shape index (κ2) is 8.66. The number of rotatable bonds is 6. The Bertz CT molecular complexity index is 917. The summed E-state index contributed by atoms with van der Waals surface area (Å²) in [7, 11) is 1.54. The van der Waals surface area contributed by atoms with Gasteiger partial charge in [-0.1, -0.05) is 15.9 Å². The molecule has 2 aromatic carbocycles. The number of benzene rings is 2. The van der Waals surface area contributed by atoms with Gasteiger partial charge in [0.1, 0.15) is 6.61 Å². The highest BCUT2D eigenvalue weighted by Gasteiger charge is 2.13. The van der Waals surface area contributed by atoms with E-state index in [2.05, 4.69) is 42.2 Å². The third-order valence-electron chi connectivity index (χ3n) is 3.46. The highest BCUT2D eigenvalue weighted by atomic mass is 79.9. The Morgan fingerprint density at radius 1 is 1.19 bits per heavy atom. The molecule has 1 aromatic heterocycles. The van der Waals surface area contributed by atoms with E-state index in [4.69, 9.17) is 9.47 Å². The molecular formula is C18H14Br2N2O3S. The molecule has 0 aliphatic carbocycles. The van der Waals surface area contributed by atoms with Crippen LogP contribution in [0.25, 0.3) is 0 Å². The van der Waals surface area contributed by atoms with E-state index in [1.54, 1.807) is 23.7 Å². The molecule has 134 valence electrons. The normalized spacial score (nSPS) is 10.4. The van der Waals surface area contributed by atoms with Crippen molar-refractivity contribution in [2.24, 2.45) is 0 Å². The van der Waals surface area contributed by atoms with E-state index in [0.29, 0.717) is 29.4 Å². The zero-order valence-electron chi connectivity index (χ0n) is 13.7. The molecule has 0 aliphatic heterocycles. The average Bonchev–Trinajstić information content (AvgIpc) is 3.16. The van der Waals surface area contributed by atoms with Crippen LogP contribution in [-0.4, -0.2) is 18.0 Å². The molecule has 0 aliphatic rings. The molecule has 0 unspecified atom stereocenters. The smallest absolute Gasteiger partial charge is 0.255 e. The van der Waals surface area contributed by atoms with Crippen LogP contribution in [0.4, 0.5) is 5.69 Å². The molecular weight excluding hydrogens is 484 g/mol. The Kier molecular flexibility index (Phi) is 6.29. The van der Waals surface area contributed by atoms with E-state index in [0.717, 1.165) is 14.6 Å². The third kappa shape index (κ3) is 4.63. The minimum absolute atomic E-state index is 0.242. The number of anilines is 1. The predicted molar refractivity (Wildman–Crippen MR) is 109 cm³/mol. The van der Waals surface area contributed by atoms with Crippen molar-refractivity contribution in [2.75, 3.05) is 12.4 Å². The van der Waals surface area contributed by atoms with E-state index in [1.165, 1.54) is 18.4 Å². The van der Waals surface area contributed by atoms with Crippen LogP contribution in [0, 0.1) is 0 Å². The standard InChI is InChI=1S/C18H14Br2N2O3S/c1-24-17-6-11(2-5-16(17)25-8-13-9-26-10-21-13)18(23)22-15-7-12(19)3-4-14(15)20/h2-7,9-10H,8H2,1H3,(H,22,23). The van der Waals surface area contributed by atoms with Crippen LogP contribution < -0.4 is 14.8 Å². The van der Waals surface area contributed by atoms with Gasteiger partial charge in [-0.25, -0.2) is 4.98 Å². The minimum atomic E-state index is -0.242. The summed E-state index contributed by atoms with van der Waals surface area (Å²) in [5.74, 6) is 0.801. The number of amides is 1.